The number of para-hydroxylation sites is 1. The van der Waals surface area contributed by atoms with E-state index in [2.05, 4.69) is 10.0 Å². The Labute approximate surface area is 117 Å². The lowest BCUT2D eigenvalue weighted by Gasteiger charge is -2.11. The zero-order chi connectivity index (χ0) is 14.6. The van der Waals surface area contributed by atoms with Gasteiger partial charge >= 0.3 is 0 Å². The van der Waals surface area contributed by atoms with Crippen LogP contribution in [0.5, 0.6) is 0 Å². The number of sulfonamides is 1. The highest BCUT2D eigenvalue weighted by Gasteiger charge is 2.17. The molecule has 0 saturated carbocycles. The molecule has 2 rings (SSSR count). The Bertz CT molecular complexity index is 764. The smallest absolute Gasteiger partial charge is 0.263 e. The fourth-order valence-electron chi connectivity index (χ4n) is 1.77. The molecule has 0 heterocycles. The first-order valence-corrected chi connectivity index (χ1v) is 7.35. The Balaban J connectivity index is 2.38. The van der Waals surface area contributed by atoms with Crippen LogP contribution < -0.4 is 10.0 Å². The van der Waals surface area contributed by atoms with Crippen molar-refractivity contribution in [3.63, 3.8) is 0 Å². The van der Waals surface area contributed by atoms with Crippen LogP contribution in [-0.2, 0) is 10.0 Å². The van der Waals surface area contributed by atoms with Crippen molar-refractivity contribution in [1.29, 1.82) is 5.26 Å². The SMILES string of the molecule is CNc1ccccc1S(=O)(=O)Nc1cccc(C#N)c1. The molecule has 0 saturated heterocycles. The summed E-state index contributed by atoms with van der Waals surface area (Å²) in [4.78, 5) is 0.157. The average molecular weight is 287 g/mol. The van der Waals surface area contributed by atoms with Gasteiger partial charge in [0.15, 0.2) is 0 Å². The van der Waals surface area contributed by atoms with Crippen molar-refractivity contribution in [3.8, 4) is 6.07 Å². The predicted octanol–water partition coefficient (Wildman–Crippen LogP) is 2.40. The van der Waals surface area contributed by atoms with Crippen LogP contribution in [0.1, 0.15) is 5.56 Å². The first kappa shape index (κ1) is 13.9. The van der Waals surface area contributed by atoms with Gasteiger partial charge in [0.25, 0.3) is 10.0 Å². The number of benzene rings is 2. The maximum absolute atomic E-state index is 12.3. The molecule has 0 radical (unpaired) electrons. The minimum absolute atomic E-state index is 0.157. The van der Waals surface area contributed by atoms with Crippen LogP contribution in [0, 0.1) is 11.3 Å². The number of nitrogens with one attached hydrogen (secondary N) is 2. The van der Waals surface area contributed by atoms with E-state index in [0.29, 0.717) is 16.9 Å². The van der Waals surface area contributed by atoms with Gasteiger partial charge in [0.2, 0.25) is 0 Å². The van der Waals surface area contributed by atoms with E-state index in [9.17, 15) is 8.42 Å². The lowest BCUT2D eigenvalue weighted by Crippen LogP contribution is -2.14. The quantitative estimate of drug-likeness (QED) is 0.904. The molecule has 0 aliphatic rings. The van der Waals surface area contributed by atoms with Crippen LogP contribution in [0.15, 0.2) is 53.4 Å². The molecule has 2 aromatic carbocycles. The predicted molar refractivity (Wildman–Crippen MR) is 78.0 cm³/mol. The number of rotatable bonds is 4. The molecule has 0 aliphatic carbocycles. The van der Waals surface area contributed by atoms with Gasteiger partial charge in [-0.25, -0.2) is 8.42 Å². The molecule has 102 valence electrons. The molecule has 2 N–H and O–H groups in total. The maximum Gasteiger partial charge on any atom is 0.263 e. The monoisotopic (exact) mass is 287 g/mol. The zero-order valence-electron chi connectivity index (χ0n) is 10.8. The summed E-state index contributed by atoms with van der Waals surface area (Å²) in [5.41, 5.74) is 1.26. The van der Waals surface area contributed by atoms with E-state index in [1.807, 2.05) is 6.07 Å². The van der Waals surface area contributed by atoms with E-state index < -0.39 is 10.0 Å². The van der Waals surface area contributed by atoms with Crippen molar-refractivity contribution in [2.45, 2.75) is 4.90 Å². The number of hydrogen-bond donors (Lipinski definition) is 2. The molecule has 0 aromatic heterocycles. The van der Waals surface area contributed by atoms with E-state index in [4.69, 9.17) is 5.26 Å². The number of nitriles is 1. The van der Waals surface area contributed by atoms with Gasteiger partial charge < -0.3 is 5.32 Å². The molecule has 6 heteroatoms. The van der Waals surface area contributed by atoms with Crippen LogP contribution >= 0.6 is 0 Å². The highest BCUT2D eigenvalue weighted by molar-refractivity contribution is 7.92. The first-order chi connectivity index (χ1) is 9.56. The van der Waals surface area contributed by atoms with Gasteiger partial charge in [-0.05, 0) is 30.3 Å². The normalized spacial score (nSPS) is 10.6. The van der Waals surface area contributed by atoms with E-state index in [1.165, 1.54) is 12.1 Å². The summed E-state index contributed by atoms with van der Waals surface area (Å²) in [5, 5.41) is 11.7. The van der Waals surface area contributed by atoms with E-state index >= 15 is 0 Å². The maximum atomic E-state index is 12.3. The zero-order valence-corrected chi connectivity index (χ0v) is 11.6. The van der Waals surface area contributed by atoms with Gasteiger partial charge in [-0.3, -0.25) is 4.72 Å². The average Bonchev–Trinajstić information content (AvgIpc) is 2.47. The highest BCUT2D eigenvalue weighted by atomic mass is 32.2. The minimum atomic E-state index is -3.70. The summed E-state index contributed by atoms with van der Waals surface area (Å²) < 4.78 is 27.2. The molecule has 2 aromatic rings. The number of anilines is 2. The molecule has 0 atom stereocenters. The van der Waals surface area contributed by atoms with Gasteiger partial charge in [0, 0.05) is 7.05 Å². The lowest BCUT2D eigenvalue weighted by molar-refractivity contribution is 0.601. The molecule has 0 spiro atoms. The molecule has 0 amide bonds. The van der Waals surface area contributed by atoms with Crippen molar-refractivity contribution in [1.82, 2.24) is 0 Å². The lowest BCUT2D eigenvalue weighted by atomic mass is 10.2. The largest absolute Gasteiger partial charge is 0.387 e. The van der Waals surface area contributed by atoms with Gasteiger partial charge in [0.05, 0.1) is 23.0 Å². The van der Waals surface area contributed by atoms with Crippen LogP contribution in [0.3, 0.4) is 0 Å². The Morgan fingerprint density at radius 2 is 1.85 bits per heavy atom. The molecular formula is C14H13N3O2S. The second-order valence-corrected chi connectivity index (χ2v) is 5.70. The first-order valence-electron chi connectivity index (χ1n) is 5.86. The van der Waals surface area contributed by atoms with Crippen molar-refractivity contribution < 1.29 is 8.42 Å². The summed E-state index contributed by atoms with van der Waals surface area (Å²) >= 11 is 0. The Morgan fingerprint density at radius 1 is 1.10 bits per heavy atom. The number of hydrogen-bond acceptors (Lipinski definition) is 4. The standard InChI is InChI=1S/C14H13N3O2S/c1-16-13-7-2-3-8-14(13)20(18,19)17-12-6-4-5-11(9-12)10-15/h2-9,16-17H,1H3. The molecule has 0 fully saturated rings. The molecule has 0 aliphatic heterocycles. The minimum Gasteiger partial charge on any atom is -0.387 e. The Kier molecular flexibility index (Phi) is 3.91. The van der Waals surface area contributed by atoms with Crippen LogP contribution in [0.2, 0.25) is 0 Å². The van der Waals surface area contributed by atoms with Gasteiger partial charge in [-0.1, -0.05) is 18.2 Å². The summed E-state index contributed by atoms with van der Waals surface area (Å²) in [7, 11) is -2.05. The van der Waals surface area contributed by atoms with Crippen molar-refractivity contribution in [3.05, 3.63) is 54.1 Å². The summed E-state index contributed by atoms with van der Waals surface area (Å²) in [6.07, 6.45) is 0. The van der Waals surface area contributed by atoms with Crippen molar-refractivity contribution in [2.24, 2.45) is 0 Å². The highest BCUT2D eigenvalue weighted by Crippen LogP contribution is 2.23. The molecule has 5 nitrogen and oxygen atoms in total. The summed E-state index contributed by atoms with van der Waals surface area (Å²) in [6, 6.07) is 14.9. The van der Waals surface area contributed by atoms with E-state index in [-0.39, 0.29) is 4.90 Å². The fraction of sp³-hybridized carbons (Fsp3) is 0.0714. The third-order valence-corrected chi connectivity index (χ3v) is 4.13. The van der Waals surface area contributed by atoms with E-state index in [0.717, 1.165) is 0 Å². The van der Waals surface area contributed by atoms with Crippen molar-refractivity contribution >= 4 is 21.4 Å². The van der Waals surface area contributed by atoms with Gasteiger partial charge in [0.1, 0.15) is 4.90 Å². The van der Waals surface area contributed by atoms with Crippen LogP contribution in [0.25, 0.3) is 0 Å². The topological polar surface area (TPSA) is 82.0 Å². The summed E-state index contributed by atoms with van der Waals surface area (Å²) in [5.74, 6) is 0. The second kappa shape index (κ2) is 5.63. The molecule has 0 bridgehead atoms. The van der Waals surface area contributed by atoms with Crippen molar-refractivity contribution in [2.75, 3.05) is 17.1 Å². The van der Waals surface area contributed by atoms with Gasteiger partial charge in [-0.15, -0.1) is 0 Å². The Morgan fingerprint density at radius 3 is 2.55 bits per heavy atom. The fourth-order valence-corrected chi connectivity index (χ4v) is 3.03. The van der Waals surface area contributed by atoms with E-state index in [1.54, 1.807) is 43.4 Å². The molecule has 0 unspecified atom stereocenters. The van der Waals surface area contributed by atoms with Crippen LogP contribution in [0.4, 0.5) is 11.4 Å². The molecular weight excluding hydrogens is 274 g/mol. The van der Waals surface area contributed by atoms with Crippen LogP contribution in [-0.4, -0.2) is 15.5 Å². The molecule has 20 heavy (non-hydrogen) atoms. The number of nitrogens with zero attached hydrogens (tertiary/aromatic N) is 1. The summed E-state index contributed by atoms with van der Waals surface area (Å²) in [6.45, 7) is 0. The third-order valence-electron chi connectivity index (χ3n) is 2.69. The van der Waals surface area contributed by atoms with Gasteiger partial charge in [-0.2, -0.15) is 5.26 Å². The third kappa shape index (κ3) is 2.90. The Hall–Kier alpha value is -2.52. The second-order valence-electron chi connectivity index (χ2n) is 4.04.